The molecule has 0 aliphatic carbocycles. The molecule has 0 aliphatic rings. The van der Waals surface area contributed by atoms with Gasteiger partial charge in [-0.15, -0.1) is 22.9 Å². The normalized spacial score (nSPS) is 12.7. The van der Waals surface area contributed by atoms with Crippen molar-refractivity contribution >= 4 is 46.1 Å². The molecule has 1 heterocycles. The Bertz CT molecular complexity index is 541. The van der Waals surface area contributed by atoms with Gasteiger partial charge in [0.05, 0.1) is 15.4 Å². The lowest BCUT2D eigenvalue weighted by molar-refractivity contribution is 0.939. The van der Waals surface area contributed by atoms with Crippen molar-refractivity contribution in [2.24, 2.45) is 0 Å². The molecule has 1 aromatic heterocycles. The fourth-order valence-electron chi connectivity index (χ4n) is 1.73. The first-order valence-corrected chi connectivity index (χ1v) is 7.63. The van der Waals surface area contributed by atoms with Crippen molar-refractivity contribution in [3.8, 4) is 0 Å². The molecule has 0 spiro atoms. The maximum Gasteiger partial charge on any atom is 0.0719 e. The quantitative estimate of drug-likeness (QED) is 0.591. The lowest BCUT2D eigenvalue weighted by Gasteiger charge is -2.08. The van der Waals surface area contributed by atoms with Crippen LogP contribution in [0.3, 0.4) is 0 Å². The zero-order valence-electron chi connectivity index (χ0n) is 10.1. The summed E-state index contributed by atoms with van der Waals surface area (Å²) in [5, 5.41) is 1.14. The van der Waals surface area contributed by atoms with Crippen molar-refractivity contribution in [2.75, 3.05) is 0 Å². The van der Waals surface area contributed by atoms with Crippen LogP contribution in [0, 0.1) is 13.8 Å². The third kappa shape index (κ3) is 3.21. The number of benzene rings is 1. The Morgan fingerprint density at radius 2 is 1.83 bits per heavy atom. The Kier molecular flexibility index (Phi) is 4.60. The Balaban J connectivity index is 2.15. The molecular weight excluding hydrogens is 307 g/mol. The predicted octanol–water partition coefficient (Wildman–Crippen LogP) is 6.19. The fourth-order valence-corrected chi connectivity index (χ4v) is 3.45. The maximum absolute atomic E-state index is 6.45. The van der Waals surface area contributed by atoms with E-state index in [9.17, 15) is 0 Å². The van der Waals surface area contributed by atoms with E-state index in [1.165, 1.54) is 15.3 Å². The Morgan fingerprint density at radius 1 is 1.11 bits per heavy atom. The van der Waals surface area contributed by atoms with Gasteiger partial charge in [0, 0.05) is 9.75 Å². The zero-order valence-corrected chi connectivity index (χ0v) is 13.2. The molecule has 1 atom stereocenters. The highest BCUT2D eigenvalue weighted by Crippen LogP contribution is 2.34. The lowest BCUT2D eigenvalue weighted by atomic mass is 10.1. The molecule has 0 N–H and O–H groups in total. The van der Waals surface area contributed by atoms with Gasteiger partial charge in [-0.25, -0.2) is 0 Å². The van der Waals surface area contributed by atoms with Gasteiger partial charge in [0.2, 0.25) is 0 Å². The van der Waals surface area contributed by atoms with Crippen LogP contribution < -0.4 is 0 Å². The summed E-state index contributed by atoms with van der Waals surface area (Å²) < 4.78 is 0. The van der Waals surface area contributed by atoms with E-state index in [1.807, 2.05) is 18.2 Å². The standard InChI is InChI=1S/C14H13Cl3S/c1-8-5-14(18-9(8)2)13(17)7-10-3-4-11(15)12(16)6-10/h3-6,13H,7H2,1-2H3. The molecule has 0 aliphatic heterocycles. The topological polar surface area (TPSA) is 0 Å². The number of hydrogen-bond donors (Lipinski definition) is 0. The lowest BCUT2D eigenvalue weighted by Crippen LogP contribution is -1.93. The van der Waals surface area contributed by atoms with Crippen molar-refractivity contribution in [3.63, 3.8) is 0 Å². The molecule has 0 saturated heterocycles. The summed E-state index contributed by atoms with van der Waals surface area (Å²) in [6.45, 7) is 4.23. The summed E-state index contributed by atoms with van der Waals surface area (Å²) in [7, 11) is 0. The molecule has 0 fully saturated rings. The van der Waals surface area contributed by atoms with E-state index in [-0.39, 0.29) is 5.38 Å². The average molecular weight is 320 g/mol. The van der Waals surface area contributed by atoms with Crippen LogP contribution in [0.25, 0.3) is 0 Å². The van der Waals surface area contributed by atoms with E-state index < -0.39 is 0 Å². The first-order valence-electron chi connectivity index (χ1n) is 5.62. The van der Waals surface area contributed by atoms with Crippen molar-refractivity contribution in [1.82, 2.24) is 0 Å². The van der Waals surface area contributed by atoms with E-state index in [0.29, 0.717) is 10.0 Å². The largest absolute Gasteiger partial charge is 0.144 e. The third-order valence-electron chi connectivity index (χ3n) is 2.89. The molecule has 96 valence electrons. The van der Waals surface area contributed by atoms with Gasteiger partial charge < -0.3 is 0 Å². The van der Waals surface area contributed by atoms with Crippen LogP contribution >= 0.6 is 46.1 Å². The van der Waals surface area contributed by atoms with Gasteiger partial charge in [-0.2, -0.15) is 0 Å². The van der Waals surface area contributed by atoms with Gasteiger partial charge in [0.1, 0.15) is 0 Å². The van der Waals surface area contributed by atoms with Crippen LogP contribution in [0.4, 0.5) is 0 Å². The second kappa shape index (κ2) is 5.83. The molecule has 0 amide bonds. The second-order valence-corrected chi connectivity index (χ2v) is 6.94. The monoisotopic (exact) mass is 318 g/mol. The number of rotatable bonds is 3. The van der Waals surface area contributed by atoms with Crippen LogP contribution in [0.15, 0.2) is 24.3 Å². The minimum atomic E-state index is -0.0142. The predicted molar refractivity (Wildman–Crippen MR) is 82.6 cm³/mol. The molecule has 2 aromatic rings. The number of alkyl halides is 1. The maximum atomic E-state index is 6.45. The molecular formula is C14H13Cl3S. The highest BCUT2D eigenvalue weighted by atomic mass is 35.5. The summed E-state index contributed by atoms with van der Waals surface area (Å²) in [5.74, 6) is 0. The SMILES string of the molecule is Cc1cc(C(Cl)Cc2ccc(Cl)c(Cl)c2)sc1C. The minimum absolute atomic E-state index is 0.0142. The van der Waals surface area contributed by atoms with Gasteiger partial charge in [0.25, 0.3) is 0 Å². The van der Waals surface area contributed by atoms with Gasteiger partial charge in [-0.05, 0) is 49.6 Å². The van der Waals surface area contributed by atoms with Crippen molar-refractivity contribution < 1.29 is 0 Å². The van der Waals surface area contributed by atoms with Crippen molar-refractivity contribution in [3.05, 3.63) is 55.2 Å². The molecule has 0 bridgehead atoms. The van der Waals surface area contributed by atoms with Crippen LogP contribution in [0.5, 0.6) is 0 Å². The number of aryl methyl sites for hydroxylation is 2. The van der Waals surface area contributed by atoms with Gasteiger partial charge >= 0.3 is 0 Å². The summed E-state index contributed by atoms with van der Waals surface area (Å²) >= 11 is 20.1. The summed E-state index contributed by atoms with van der Waals surface area (Å²) in [6.07, 6.45) is 0.762. The van der Waals surface area contributed by atoms with Crippen LogP contribution in [0.2, 0.25) is 10.0 Å². The smallest absolute Gasteiger partial charge is 0.0719 e. The van der Waals surface area contributed by atoms with E-state index in [2.05, 4.69) is 19.9 Å². The molecule has 2 rings (SSSR count). The Hall–Kier alpha value is -0.210. The first kappa shape index (κ1) is 14.2. The van der Waals surface area contributed by atoms with E-state index in [1.54, 1.807) is 11.3 Å². The number of hydrogen-bond acceptors (Lipinski definition) is 1. The van der Waals surface area contributed by atoms with Gasteiger partial charge in [0.15, 0.2) is 0 Å². The van der Waals surface area contributed by atoms with E-state index in [4.69, 9.17) is 34.8 Å². The van der Waals surface area contributed by atoms with Crippen LogP contribution in [-0.2, 0) is 6.42 Å². The summed E-state index contributed by atoms with van der Waals surface area (Å²) in [6, 6.07) is 7.83. The average Bonchev–Trinajstić information content (AvgIpc) is 2.65. The van der Waals surface area contributed by atoms with Crippen molar-refractivity contribution in [2.45, 2.75) is 25.6 Å². The summed E-state index contributed by atoms with van der Waals surface area (Å²) in [5.41, 5.74) is 2.41. The first-order chi connectivity index (χ1) is 8.47. The molecule has 1 unspecified atom stereocenters. The van der Waals surface area contributed by atoms with Gasteiger partial charge in [-0.1, -0.05) is 29.3 Å². The molecule has 18 heavy (non-hydrogen) atoms. The van der Waals surface area contributed by atoms with E-state index in [0.717, 1.165) is 12.0 Å². The molecule has 4 heteroatoms. The Morgan fingerprint density at radius 3 is 2.39 bits per heavy atom. The van der Waals surface area contributed by atoms with Crippen LogP contribution in [0.1, 0.15) is 26.3 Å². The molecule has 0 radical (unpaired) electrons. The minimum Gasteiger partial charge on any atom is -0.144 e. The van der Waals surface area contributed by atoms with Crippen LogP contribution in [-0.4, -0.2) is 0 Å². The highest BCUT2D eigenvalue weighted by molar-refractivity contribution is 7.12. The molecule has 1 aromatic carbocycles. The number of thiophene rings is 1. The third-order valence-corrected chi connectivity index (χ3v) is 5.42. The number of halogens is 3. The van der Waals surface area contributed by atoms with Gasteiger partial charge in [-0.3, -0.25) is 0 Å². The van der Waals surface area contributed by atoms with Crippen molar-refractivity contribution in [1.29, 1.82) is 0 Å². The fraction of sp³-hybridized carbons (Fsp3) is 0.286. The second-order valence-electron chi connectivity index (χ2n) is 4.31. The molecule has 0 nitrogen and oxygen atoms in total. The van der Waals surface area contributed by atoms with E-state index >= 15 is 0 Å². The highest BCUT2D eigenvalue weighted by Gasteiger charge is 2.13. The summed E-state index contributed by atoms with van der Waals surface area (Å²) in [4.78, 5) is 2.53. The Labute approximate surface area is 126 Å². The zero-order chi connectivity index (χ0) is 13.3. The molecule has 0 saturated carbocycles.